The second-order valence-corrected chi connectivity index (χ2v) is 11.3. The van der Waals surface area contributed by atoms with E-state index >= 15 is 0 Å². The molecule has 0 spiro atoms. The third-order valence-corrected chi connectivity index (χ3v) is 7.28. The van der Waals surface area contributed by atoms with Crippen molar-refractivity contribution >= 4 is 17.8 Å². The van der Waals surface area contributed by atoms with Crippen LogP contribution in [0, 0.1) is 23.7 Å². The van der Waals surface area contributed by atoms with Gasteiger partial charge in [-0.1, -0.05) is 83.5 Å². The zero-order valence-corrected chi connectivity index (χ0v) is 23.9. The van der Waals surface area contributed by atoms with Crippen molar-refractivity contribution in [3.63, 3.8) is 0 Å². The number of nitrogens with zero attached hydrogens (tertiary/aromatic N) is 1. The van der Waals surface area contributed by atoms with Gasteiger partial charge in [0.05, 0.1) is 13.2 Å². The topological polar surface area (TPSA) is 87.7 Å². The molecule has 0 aromatic heterocycles. The van der Waals surface area contributed by atoms with Crippen LogP contribution in [0.4, 0.5) is 0 Å². The molecular formula is C30H47N3O4. The van der Waals surface area contributed by atoms with E-state index in [4.69, 9.17) is 4.74 Å². The van der Waals surface area contributed by atoms with Gasteiger partial charge < -0.3 is 15.4 Å². The Labute approximate surface area is 223 Å². The summed E-state index contributed by atoms with van der Waals surface area (Å²) in [7, 11) is 1.30. The standard InChI is InChI=1S/C30H47N3O4/c1-19(2)25-14-15-33(18-24(17-25)16-23-12-10-9-11-13-23)22(7)28(34)31-26(20(3)4)29(35)32-27(21(5)6)30(36)37-8/h9-13,17,19-22,24,26-27H,14-16,18H2,1-8H3,(H,31,34)(H,32,35)/t22-,24+,26-,27-/m0/s1. The van der Waals surface area contributed by atoms with Gasteiger partial charge in [-0.05, 0) is 49.0 Å². The molecule has 1 heterocycles. The van der Waals surface area contributed by atoms with Gasteiger partial charge in [-0.3, -0.25) is 14.5 Å². The summed E-state index contributed by atoms with van der Waals surface area (Å²) in [5.74, 6) is -0.576. The summed E-state index contributed by atoms with van der Waals surface area (Å²) in [5.41, 5.74) is 2.71. The van der Waals surface area contributed by atoms with Crippen LogP contribution in [0.1, 0.15) is 60.5 Å². The molecule has 1 aromatic rings. The second-order valence-electron chi connectivity index (χ2n) is 11.3. The summed E-state index contributed by atoms with van der Waals surface area (Å²) in [6, 6.07) is 8.55. The Kier molecular flexibility index (Phi) is 11.8. The molecule has 0 unspecified atom stereocenters. The second kappa shape index (κ2) is 14.3. The number of nitrogens with one attached hydrogen (secondary N) is 2. The molecule has 0 aliphatic carbocycles. The van der Waals surface area contributed by atoms with E-state index in [1.54, 1.807) is 0 Å². The molecule has 0 saturated heterocycles. The van der Waals surface area contributed by atoms with Gasteiger partial charge in [0.1, 0.15) is 12.1 Å². The summed E-state index contributed by atoms with van der Waals surface area (Å²) < 4.78 is 4.85. The molecule has 206 valence electrons. The van der Waals surface area contributed by atoms with Crippen molar-refractivity contribution in [3.05, 3.63) is 47.5 Å². The smallest absolute Gasteiger partial charge is 0.328 e. The van der Waals surface area contributed by atoms with Crippen LogP contribution in [0.2, 0.25) is 0 Å². The summed E-state index contributed by atoms with van der Waals surface area (Å²) in [6.07, 6.45) is 4.25. The molecule has 37 heavy (non-hydrogen) atoms. The lowest BCUT2D eigenvalue weighted by Crippen LogP contribution is -2.58. The Morgan fingerprint density at radius 2 is 1.51 bits per heavy atom. The van der Waals surface area contributed by atoms with Crippen molar-refractivity contribution in [2.75, 3.05) is 20.2 Å². The van der Waals surface area contributed by atoms with Crippen LogP contribution >= 0.6 is 0 Å². The number of esters is 1. The van der Waals surface area contributed by atoms with Crippen molar-refractivity contribution in [3.8, 4) is 0 Å². The van der Waals surface area contributed by atoms with Crippen molar-refractivity contribution in [2.24, 2.45) is 23.7 Å². The van der Waals surface area contributed by atoms with Crippen LogP contribution in [0.25, 0.3) is 0 Å². The zero-order chi connectivity index (χ0) is 27.7. The van der Waals surface area contributed by atoms with E-state index < -0.39 is 24.1 Å². The first-order chi connectivity index (χ1) is 17.4. The number of hydrogen-bond acceptors (Lipinski definition) is 5. The molecule has 0 fully saturated rings. The maximum absolute atomic E-state index is 13.4. The third kappa shape index (κ3) is 8.99. The molecule has 2 amide bonds. The van der Waals surface area contributed by atoms with E-state index in [1.807, 2.05) is 40.7 Å². The quantitative estimate of drug-likeness (QED) is 0.345. The van der Waals surface area contributed by atoms with Gasteiger partial charge in [0.15, 0.2) is 0 Å². The summed E-state index contributed by atoms with van der Waals surface area (Å²) in [5, 5.41) is 5.76. The van der Waals surface area contributed by atoms with Gasteiger partial charge in [-0.2, -0.15) is 0 Å². The Morgan fingerprint density at radius 3 is 2.05 bits per heavy atom. The minimum absolute atomic E-state index is 0.139. The summed E-state index contributed by atoms with van der Waals surface area (Å²) >= 11 is 0. The maximum Gasteiger partial charge on any atom is 0.328 e. The average molecular weight is 514 g/mol. The van der Waals surface area contributed by atoms with E-state index in [2.05, 4.69) is 59.7 Å². The number of hydrogen-bond donors (Lipinski definition) is 2. The number of rotatable bonds is 11. The summed E-state index contributed by atoms with van der Waals surface area (Å²) in [4.78, 5) is 40.9. The number of amides is 2. The molecule has 0 radical (unpaired) electrons. The number of ether oxygens (including phenoxy) is 1. The van der Waals surface area contributed by atoms with Crippen LogP contribution < -0.4 is 10.6 Å². The first kappa shape index (κ1) is 30.6. The van der Waals surface area contributed by atoms with E-state index in [-0.39, 0.29) is 23.7 Å². The highest BCUT2D eigenvalue weighted by atomic mass is 16.5. The zero-order valence-electron chi connectivity index (χ0n) is 23.9. The molecule has 0 bridgehead atoms. The molecule has 2 N–H and O–H groups in total. The molecule has 1 aliphatic rings. The van der Waals surface area contributed by atoms with Crippen molar-refractivity contribution in [1.82, 2.24) is 15.5 Å². The van der Waals surface area contributed by atoms with Crippen LogP contribution in [0.15, 0.2) is 42.0 Å². The highest BCUT2D eigenvalue weighted by Gasteiger charge is 2.33. The van der Waals surface area contributed by atoms with Gasteiger partial charge in [-0.25, -0.2) is 4.79 Å². The van der Waals surface area contributed by atoms with E-state index in [0.717, 1.165) is 25.9 Å². The van der Waals surface area contributed by atoms with Crippen LogP contribution in [-0.2, 0) is 25.5 Å². The predicted octanol–water partition coefficient (Wildman–Crippen LogP) is 3.98. The van der Waals surface area contributed by atoms with Gasteiger partial charge in [0.25, 0.3) is 0 Å². The number of benzene rings is 1. The van der Waals surface area contributed by atoms with Crippen molar-refractivity contribution in [2.45, 2.75) is 79.4 Å². The summed E-state index contributed by atoms with van der Waals surface area (Å²) in [6.45, 7) is 15.4. The number of carbonyl (C=O) groups is 3. The van der Waals surface area contributed by atoms with Crippen LogP contribution in [0.3, 0.4) is 0 Å². The fourth-order valence-electron chi connectivity index (χ4n) is 4.82. The van der Waals surface area contributed by atoms with Gasteiger partial charge in [0.2, 0.25) is 11.8 Å². The molecule has 1 aliphatic heterocycles. The monoisotopic (exact) mass is 513 g/mol. The van der Waals surface area contributed by atoms with Gasteiger partial charge in [-0.15, -0.1) is 0 Å². The van der Waals surface area contributed by atoms with Gasteiger partial charge in [0, 0.05) is 13.1 Å². The molecular weight excluding hydrogens is 466 g/mol. The Bertz CT molecular complexity index is 926. The van der Waals surface area contributed by atoms with Crippen molar-refractivity contribution < 1.29 is 19.1 Å². The molecule has 7 nitrogen and oxygen atoms in total. The Hall–Kier alpha value is -2.67. The lowest BCUT2D eigenvalue weighted by molar-refractivity contribution is -0.147. The normalized spacial score (nSPS) is 19.1. The average Bonchev–Trinajstić information content (AvgIpc) is 3.07. The largest absolute Gasteiger partial charge is 0.467 e. The first-order valence-electron chi connectivity index (χ1n) is 13.6. The SMILES string of the molecule is COC(=O)[C@@H](NC(=O)[C@@H](NC(=O)[C@H](C)N1CCC(C(C)C)=C[C@@H](Cc2ccccc2)C1)C(C)C)C(C)C. The van der Waals surface area contributed by atoms with Gasteiger partial charge >= 0.3 is 5.97 Å². The van der Waals surface area contributed by atoms with Crippen LogP contribution in [-0.4, -0.2) is 61.0 Å². The lowest BCUT2D eigenvalue weighted by atomic mass is 9.93. The molecule has 1 aromatic carbocycles. The van der Waals surface area contributed by atoms with E-state index in [9.17, 15) is 14.4 Å². The predicted molar refractivity (Wildman–Crippen MR) is 148 cm³/mol. The third-order valence-electron chi connectivity index (χ3n) is 7.28. The molecule has 7 heteroatoms. The minimum atomic E-state index is -0.766. The highest BCUT2D eigenvalue weighted by molar-refractivity contribution is 5.92. The molecule has 4 atom stereocenters. The number of carbonyl (C=O) groups excluding carboxylic acids is 3. The van der Waals surface area contributed by atoms with E-state index in [0.29, 0.717) is 11.8 Å². The van der Waals surface area contributed by atoms with E-state index in [1.165, 1.54) is 18.2 Å². The fourth-order valence-corrected chi connectivity index (χ4v) is 4.82. The maximum atomic E-state index is 13.4. The highest BCUT2D eigenvalue weighted by Crippen LogP contribution is 2.25. The minimum Gasteiger partial charge on any atom is -0.467 e. The Balaban J connectivity index is 2.14. The van der Waals surface area contributed by atoms with Crippen molar-refractivity contribution in [1.29, 1.82) is 0 Å². The van der Waals surface area contributed by atoms with Crippen LogP contribution in [0.5, 0.6) is 0 Å². The Morgan fingerprint density at radius 1 is 0.919 bits per heavy atom. The molecule has 2 rings (SSSR count). The molecule has 0 saturated carbocycles. The lowest BCUT2D eigenvalue weighted by Gasteiger charge is -2.32. The number of methoxy groups -OCH3 is 1. The fraction of sp³-hybridized carbons (Fsp3) is 0.633. The first-order valence-corrected chi connectivity index (χ1v) is 13.6.